The molecule has 11 aromatic rings. The van der Waals surface area contributed by atoms with Crippen molar-refractivity contribution in [1.82, 2.24) is 4.57 Å². The first-order valence-electron chi connectivity index (χ1n) is 20.4. The van der Waals surface area contributed by atoms with Crippen molar-refractivity contribution in [3.63, 3.8) is 0 Å². The van der Waals surface area contributed by atoms with Crippen LogP contribution in [0.4, 0.5) is 11.4 Å². The number of anilines is 2. The van der Waals surface area contributed by atoms with Gasteiger partial charge in [-0.05, 0) is 103 Å². The van der Waals surface area contributed by atoms with Crippen molar-refractivity contribution >= 4 is 54.7 Å². The zero-order chi connectivity index (χ0) is 39.1. The van der Waals surface area contributed by atoms with E-state index in [0.717, 1.165) is 11.4 Å². The molecule has 0 aliphatic heterocycles. The van der Waals surface area contributed by atoms with Crippen LogP contribution in [-0.2, 0) is 6.54 Å². The van der Waals surface area contributed by atoms with Crippen molar-refractivity contribution in [2.45, 2.75) is 6.54 Å². The highest BCUT2D eigenvalue weighted by molar-refractivity contribution is 6.25. The fraction of sp³-hybridized carbons (Fsp3) is 0.0175. The van der Waals surface area contributed by atoms with E-state index in [1.165, 1.54) is 88.0 Å². The molecule has 0 spiro atoms. The molecule has 0 bridgehead atoms. The van der Waals surface area contributed by atoms with Crippen LogP contribution < -0.4 is 4.90 Å². The van der Waals surface area contributed by atoms with Crippen LogP contribution in [0.5, 0.6) is 0 Å². The summed E-state index contributed by atoms with van der Waals surface area (Å²) in [5.74, 6) is 0. The second-order valence-corrected chi connectivity index (χ2v) is 15.3. The lowest BCUT2D eigenvalue weighted by atomic mass is 9.92. The lowest BCUT2D eigenvalue weighted by Crippen LogP contribution is -2.18. The maximum absolute atomic E-state index is 2.49. The van der Waals surface area contributed by atoms with E-state index >= 15 is 0 Å². The summed E-state index contributed by atoms with van der Waals surface area (Å²) < 4.78 is 2.49. The van der Waals surface area contributed by atoms with Gasteiger partial charge in [0.05, 0.1) is 23.3 Å². The Morgan fingerprint density at radius 3 is 1.54 bits per heavy atom. The number of para-hydroxylation sites is 2. The van der Waals surface area contributed by atoms with E-state index in [4.69, 9.17) is 0 Å². The third kappa shape index (κ3) is 6.14. The molecule has 1 heterocycles. The van der Waals surface area contributed by atoms with Crippen molar-refractivity contribution in [3.8, 4) is 39.1 Å². The van der Waals surface area contributed by atoms with Crippen LogP contribution in [0.15, 0.2) is 231 Å². The molecule has 0 amide bonds. The molecule has 2 heteroatoms. The molecule has 0 fully saturated rings. The molecule has 10 aromatic carbocycles. The molecule has 2 nitrogen and oxygen atoms in total. The van der Waals surface area contributed by atoms with Gasteiger partial charge in [-0.3, -0.25) is 0 Å². The van der Waals surface area contributed by atoms with E-state index in [1.54, 1.807) is 0 Å². The first kappa shape index (κ1) is 34.6. The van der Waals surface area contributed by atoms with E-state index in [9.17, 15) is 0 Å². The highest BCUT2D eigenvalue weighted by Gasteiger charge is 2.21. The van der Waals surface area contributed by atoms with Gasteiger partial charge >= 0.3 is 0 Å². The molecular formula is C57H40N2. The molecular weight excluding hydrogens is 713 g/mol. The van der Waals surface area contributed by atoms with Crippen LogP contribution in [-0.4, -0.2) is 4.57 Å². The molecule has 0 atom stereocenters. The Labute approximate surface area is 344 Å². The number of rotatable bonds is 8. The first-order chi connectivity index (χ1) is 29.3. The van der Waals surface area contributed by atoms with E-state index in [-0.39, 0.29) is 0 Å². The molecule has 0 saturated carbocycles. The highest BCUT2D eigenvalue weighted by Crippen LogP contribution is 2.43. The smallest absolute Gasteiger partial charge is 0.0547 e. The van der Waals surface area contributed by atoms with Crippen LogP contribution in [0.1, 0.15) is 5.56 Å². The minimum atomic E-state index is 0.675. The lowest BCUT2D eigenvalue weighted by molar-refractivity contribution is 0.956. The number of hydrogen-bond donors (Lipinski definition) is 0. The predicted molar refractivity (Wildman–Crippen MR) is 251 cm³/mol. The number of aromatic nitrogens is 1. The average molecular weight is 753 g/mol. The summed E-state index contributed by atoms with van der Waals surface area (Å²) in [6.07, 6.45) is 0. The summed E-state index contributed by atoms with van der Waals surface area (Å²) in [5, 5.41) is 7.57. The largest absolute Gasteiger partial charge is 0.337 e. The van der Waals surface area contributed by atoms with E-state index in [0.29, 0.717) is 6.54 Å². The molecule has 0 radical (unpaired) electrons. The Morgan fingerprint density at radius 1 is 0.322 bits per heavy atom. The molecule has 0 aliphatic rings. The van der Waals surface area contributed by atoms with Gasteiger partial charge in [0.2, 0.25) is 0 Å². The summed E-state index contributed by atoms with van der Waals surface area (Å²) >= 11 is 0. The Morgan fingerprint density at radius 2 is 0.847 bits per heavy atom. The number of hydrogen-bond acceptors (Lipinski definition) is 1. The van der Waals surface area contributed by atoms with Crippen molar-refractivity contribution < 1.29 is 0 Å². The van der Waals surface area contributed by atoms with Gasteiger partial charge in [0.25, 0.3) is 0 Å². The van der Waals surface area contributed by atoms with Crippen molar-refractivity contribution in [2.24, 2.45) is 0 Å². The molecule has 0 unspecified atom stereocenters. The molecule has 0 aliphatic carbocycles. The third-order valence-corrected chi connectivity index (χ3v) is 11.9. The van der Waals surface area contributed by atoms with E-state index in [2.05, 4.69) is 240 Å². The van der Waals surface area contributed by atoms with Crippen LogP contribution >= 0.6 is 0 Å². The van der Waals surface area contributed by atoms with Crippen LogP contribution in [0.25, 0.3) is 82.4 Å². The summed E-state index contributed by atoms with van der Waals surface area (Å²) in [6, 6.07) is 83.9. The fourth-order valence-corrected chi connectivity index (χ4v) is 9.07. The summed E-state index contributed by atoms with van der Waals surface area (Å²) in [4.78, 5) is 2.45. The van der Waals surface area contributed by atoms with Gasteiger partial charge < -0.3 is 9.47 Å². The molecule has 278 valence electrons. The van der Waals surface area contributed by atoms with Crippen LogP contribution in [0.3, 0.4) is 0 Å². The summed E-state index contributed by atoms with van der Waals surface area (Å²) in [6.45, 7) is 0.675. The van der Waals surface area contributed by atoms with E-state index < -0.39 is 0 Å². The van der Waals surface area contributed by atoms with E-state index in [1.807, 2.05) is 0 Å². The summed E-state index contributed by atoms with van der Waals surface area (Å²) in [7, 11) is 0. The van der Waals surface area contributed by atoms with Gasteiger partial charge in [0, 0.05) is 22.1 Å². The van der Waals surface area contributed by atoms with Gasteiger partial charge in [0.1, 0.15) is 0 Å². The lowest BCUT2D eigenvalue weighted by Gasteiger charge is -2.27. The topological polar surface area (TPSA) is 8.17 Å². The molecule has 0 N–H and O–H groups in total. The molecule has 59 heavy (non-hydrogen) atoms. The maximum Gasteiger partial charge on any atom is 0.0547 e. The third-order valence-electron chi connectivity index (χ3n) is 11.9. The highest BCUT2D eigenvalue weighted by atomic mass is 15.1. The number of benzene rings is 10. The number of nitrogens with zero attached hydrogens (tertiary/aromatic N) is 2. The van der Waals surface area contributed by atoms with Crippen molar-refractivity contribution in [3.05, 3.63) is 236 Å². The van der Waals surface area contributed by atoms with Crippen molar-refractivity contribution in [2.75, 3.05) is 4.90 Å². The van der Waals surface area contributed by atoms with Crippen LogP contribution in [0, 0.1) is 0 Å². The molecule has 0 saturated heterocycles. The van der Waals surface area contributed by atoms with Gasteiger partial charge in [-0.1, -0.05) is 188 Å². The quantitative estimate of drug-likeness (QED) is 0.150. The monoisotopic (exact) mass is 752 g/mol. The van der Waals surface area contributed by atoms with Gasteiger partial charge in [0.15, 0.2) is 0 Å². The van der Waals surface area contributed by atoms with Gasteiger partial charge in [-0.25, -0.2) is 0 Å². The fourth-order valence-electron chi connectivity index (χ4n) is 9.07. The average Bonchev–Trinajstić information content (AvgIpc) is 3.66. The minimum Gasteiger partial charge on any atom is -0.337 e. The summed E-state index contributed by atoms with van der Waals surface area (Å²) in [5.41, 5.74) is 14.4. The maximum atomic E-state index is 2.49. The second kappa shape index (κ2) is 14.7. The van der Waals surface area contributed by atoms with Crippen molar-refractivity contribution in [1.29, 1.82) is 0 Å². The normalized spacial score (nSPS) is 11.5. The molecule has 11 rings (SSSR count). The Bertz CT molecular complexity index is 3180. The Kier molecular flexibility index (Phi) is 8.60. The first-order valence-corrected chi connectivity index (χ1v) is 20.4. The SMILES string of the molecule is c1ccc(-c2ccc(N(Cc3ccccc3-n3c4ccccc4c4c5c(-c6cccc7ccccc67)cccc5ccc43)c3ccc(-c4ccccc4)cc3)cc2)cc1. The van der Waals surface area contributed by atoms with Crippen LogP contribution in [0.2, 0.25) is 0 Å². The molecule has 1 aromatic heterocycles. The minimum absolute atomic E-state index is 0.675. The van der Waals surface area contributed by atoms with Gasteiger partial charge in [-0.15, -0.1) is 0 Å². The predicted octanol–water partition coefficient (Wildman–Crippen LogP) is 15.4. The Balaban J connectivity index is 1.08. The Hall–Kier alpha value is -7.68. The van der Waals surface area contributed by atoms with Gasteiger partial charge in [-0.2, -0.15) is 0 Å². The zero-order valence-electron chi connectivity index (χ0n) is 32.5. The second-order valence-electron chi connectivity index (χ2n) is 15.3. The number of fused-ring (bicyclic) bond motifs is 6. The zero-order valence-corrected chi connectivity index (χ0v) is 32.5. The standard InChI is InChI=1S/C57H40N2/c1-3-15-40(16-4-1)42-29-34-47(35-30-42)58(48-36-31-43(32-37-48)41-17-5-2-6-18-41)39-46-20-8-11-27-53(46)59-54-28-12-10-24-52(54)57-55(59)38-33-45-22-14-26-51(56(45)57)50-25-13-21-44-19-7-9-23-49(44)50/h1-38H,39H2.